The molecule has 0 aromatic heterocycles. The molecule has 6 nitrogen and oxygen atoms in total. The lowest BCUT2D eigenvalue weighted by Gasteiger charge is -2.31. The molecule has 0 atom stereocenters. The summed E-state index contributed by atoms with van der Waals surface area (Å²) in [6.07, 6.45) is 2.64. The highest BCUT2D eigenvalue weighted by Crippen LogP contribution is 2.20. The minimum Gasteiger partial charge on any atom is -0.494 e. The minimum atomic E-state index is 0.0273. The molecule has 0 unspecified atom stereocenters. The van der Waals surface area contributed by atoms with E-state index in [4.69, 9.17) is 9.47 Å². The van der Waals surface area contributed by atoms with Gasteiger partial charge in [0.25, 0.3) is 0 Å². The van der Waals surface area contributed by atoms with Gasteiger partial charge in [0.15, 0.2) is 0 Å². The second-order valence-corrected chi connectivity index (χ2v) is 7.17. The molecular formula is C21H32N2O4. The summed E-state index contributed by atoms with van der Waals surface area (Å²) in [7, 11) is 0. The molecule has 2 rings (SSSR count). The summed E-state index contributed by atoms with van der Waals surface area (Å²) in [5.41, 5.74) is 0. The highest BCUT2D eigenvalue weighted by atomic mass is 16.5. The van der Waals surface area contributed by atoms with Crippen molar-refractivity contribution in [2.75, 3.05) is 26.3 Å². The Bertz CT molecular complexity index is 593. The van der Waals surface area contributed by atoms with Crippen LogP contribution in [-0.4, -0.2) is 49.1 Å². The number of hydrogen-bond acceptors (Lipinski definition) is 4. The second-order valence-electron chi connectivity index (χ2n) is 7.17. The Morgan fingerprint density at radius 1 is 1.11 bits per heavy atom. The Labute approximate surface area is 162 Å². The van der Waals surface area contributed by atoms with Crippen molar-refractivity contribution in [3.63, 3.8) is 0 Å². The molecule has 1 aliphatic heterocycles. The van der Waals surface area contributed by atoms with Gasteiger partial charge in [-0.25, -0.2) is 0 Å². The molecule has 2 amide bonds. The predicted octanol–water partition coefficient (Wildman–Crippen LogP) is 3.01. The smallest absolute Gasteiger partial charge is 0.223 e. The number of hydrogen-bond donors (Lipinski definition) is 1. The van der Waals surface area contributed by atoms with E-state index in [2.05, 4.69) is 5.32 Å². The number of benzene rings is 1. The van der Waals surface area contributed by atoms with Gasteiger partial charge in [0.1, 0.15) is 11.5 Å². The van der Waals surface area contributed by atoms with Crippen molar-refractivity contribution in [3.8, 4) is 11.5 Å². The lowest BCUT2D eigenvalue weighted by Crippen LogP contribution is -2.44. The van der Waals surface area contributed by atoms with Gasteiger partial charge in [0.2, 0.25) is 11.8 Å². The molecule has 1 heterocycles. The van der Waals surface area contributed by atoms with E-state index in [9.17, 15) is 9.59 Å². The lowest BCUT2D eigenvalue weighted by atomic mass is 9.95. The third-order valence-corrected chi connectivity index (χ3v) is 4.59. The number of carbonyl (C=O) groups excluding carboxylic acids is 2. The minimum absolute atomic E-state index is 0.0273. The van der Waals surface area contributed by atoms with Crippen LogP contribution < -0.4 is 14.8 Å². The topological polar surface area (TPSA) is 67.9 Å². The molecule has 150 valence electrons. The van der Waals surface area contributed by atoms with Crippen molar-refractivity contribution >= 4 is 11.8 Å². The first kappa shape index (κ1) is 21.1. The maximum Gasteiger partial charge on any atom is 0.223 e. The van der Waals surface area contributed by atoms with Gasteiger partial charge in [0.05, 0.1) is 13.2 Å². The Hall–Kier alpha value is -2.24. The van der Waals surface area contributed by atoms with Crippen LogP contribution in [0, 0.1) is 5.92 Å². The van der Waals surface area contributed by atoms with Crippen molar-refractivity contribution in [3.05, 3.63) is 24.3 Å². The molecule has 0 bridgehead atoms. The quantitative estimate of drug-likeness (QED) is 0.673. The van der Waals surface area contributed by atoms with Gasteiger partial charge in [0, 0.05) is 31.5 Å². The van der Waals surface area contributed by atoms with E-state index in [-0.39, 0.29) is 23.8 Å². The average Bonchev–Trinajstić information content (AvgIpc) is 2.66. The third-order valence-electron chi connectivity index (χ3n) is 4.59. The monoisotopic (exact) mass is 376 g/mol. The molecular weight excluding hydrogens is 344 g/mol. The first-order valence-electron chi connectivity index (χ1n) is 9.93. The van der Waals surface area contributed by atoms with Crippen molar-refractivity contribution in [2.24, 2.45) is 5.92 Å². The first-order valence-corrected chi connectivity index (χ1v) is 9.93. The van der Waals surface area contributed by atoms with Gasteiger partial charge in [-0.2, -0.15) is 0 Å². The molecule has 1 N–H and O–H groups in total. The number of amides is 2. The van der Waals surface area contributed by atoms with Gasteiger partial charge in [-0.05, 0) is 64.3 Å². The summed E-state index contributed by atoms with van der Waals surface area (Å²) in [5.74, 6) is 1.89. The summed E-state index contributed by atoms with van der Waals surface area (Å²) in [6.45, 7) is 8.35. The normalized spacial score (nSPS) is 14.9. The molecule has 1 aromatic rings. The molecule has 27 heavy (non-hydrogen) atoms. The molecule has 0 aliphatic carbocycles. The fraction of sp³-hybridized carbons (Fsp3) is 0.619. The molecule has 0 radical (unpaired) electrons. The SMILES string of the molecule is CCOc1ccc(OCCCC(=O)N2CCC(C(=O)NC(C)C)CC2)cc1. The van der Waals surface area contributed by atoms with Crippen molar-refractivity contribution in [1.29, 1.82) is 0 Å². The zero-order valence-electron chi connectivity index (χ0n) is 16.7. The van der Waals surface area contributed by atoms with Crippen molar-refractivity contribution in [2.45, 2.75) is 52.5 Å². The summed E-state index contributed by atoms with van der Waals surface area (Å²) < 4.78 is 11.1. The number of rotatable bonds is 9. The maximum absolute atomic E-state index is 12.3. The van der Waals surface area contributed by atoms with Crippen LogP contribution in [0.5, 0.6) is 11.5 Å². The maximum atomic E-state index is 12.3. The largest absolute Gasteiger partial charge is 0.494 e. The van der Waals surface area contributed by atoms with Crippen LogP contribution >= 0.6 is 0 Å². The highest BCUT2D eigenvalue weighted by molar-refractivity contribution is 5.80. The zero-order valence-corrected chi connectivity index (χ0v) is 16.7. The number of ether oxygens (including phenoxy) is 2. The van der Waals surface area contributed by atoms with Crippen LogP contribution in [0.25, 0.3) is 0 Å². The molecule has 1 fully saturated rings. The van der Waals surface area contributed by atoms with E-state index < -0.39 is 0 Å². The standard InChI is InChI=1S/C21H32N2O4/c1-4-26-18-7-9-19(10-8-18)27-15-5-6-20(24)23-13-11-17(12-14-23)21(25)22-16(2)3/h7-10,16-17H,4-6,11-15H2,1-3H3,(H,22,25). The van der Waals surface area contributed by atoms with Gasteiger partial charge >= 0.3 is 0 Å². The Morgan fingerprint density at radius 3 is 2.26 bits per heavy atom. The van der Waals surface area contributed by atoms with Crippen molar-refractivity contribution < 1.29 is 19.1 Å². The predicted molar refractivity (Wildman–Crippen MR) is 105 cm³/mol. The number of carbonyl (C=O) groups is 2. The van der Waals surface area contributed by atoms with E-state index in [1.54, 1.807) is 0 Å². The molecule has 1 aliphatic rings. The fourth-order valence-corrected chi connectivity index (χ4v) is 3.16. The average molecular weight is 376 g/mol. The summed E-state index contributed by atoms with van der Waals surface area (Å²) in [6, 6.07) is 7.67. The van der Waals surface area contributed by atoms with E-state index in [0.29, 0.717) is 39.1 Å². The number of nitrogens with zero attached hydrogens (tertiary/aromatic N) is 1. The Morgan fingerprint density at radius 2 is 1.70 bits per heavy atom. The second kappa shape index (κ2) is 10.8. The Balaban J connectivity index is 1.63. The Kier molecular flexibility index (Phi) is 8.43. The van der Waals surface area contributed by atoms with Gasteiger partial charge < -0.3 is 19.7 Å². The third kappa shape index (κ3) is 7.12. The zero-order chi connectivity index (χ0) is 19.6. The fourth-order valence-electron chi connectivity index (χ4n) is 3.16. The highest BCUT2D eigenvalue weighted by Gasteiger charge is 2.27. The summed E-state index contributed by atoms with van der Waals surface area (Å²) in [4.78, 5) is 26.3. The number of nitrogens with one attached hydrogen (secondary N) is 1. The molecule has 6 heteroatoms. The lowest BCUT2D eigenvalue weighted by molar-refractivity contribution is -0.136. The van der Waals surface area contributed by atoms with Crippen LogP contribution in [0.1, 0.15) is 46.5 Å². The van der Waals surface area contributed by atoms with Gasteiger partial charge in [-0.3, -0.25) is 9.59 Å². The molecule has 0 saturated carbocycles. The molecule has 1 saturated heterocycles. The van der Waals surface area contributed by atoms with Gasteiger partial charge in [-0.15, -0.1) is 0 Å². The van der Waals surface area contributed by atoms with Crippen LogP contribution in [0.15, 0.2) is 24.3 Å². The van der Waals surface area contributed by atoms with E-state index >= 15 is 0 Å². The summed E-state index contributed by atoms with van der Waals surface area (Å²) >= 11 is 0. The first-order chi connectivity index (χ1) is 13.0. The van der Waals surface area contributed by atoms with Crippen LogP contribution in [0.3, 0.4) is 0 Å². The van der Waals surface area contributed by atoms with Crippen LogP contribution in [0.2, 0.25) is 0 Å². The van der Waals surface area contributed by atoms with Gasteiger partial charge in [-0.1, -0.05) is 0 Å². The van der Waals surface area contributed by atoms with E-state index in [0.717, 1.165) is 24.3 Å². The molecule has 1 aromatic carbocycles. The van der Waals surface area contributed by atoms with Crippen LogP contribution in [0.4, 0.5) is 0 Å². The molecule has 0 spiro atoms. The van der Waals surface area contributed by atoms with E-state index in [1.165, 1.54) is 0 Å². The number of likely N-dealkylation sites (tertiary alicyclic amines) is 1. The van der Waals surface area contributed by atoms with Crippen LogP contribution in [-0.2, 0) is 9.59 Å². The van der Waals surface area contributed by atoms with E-state index in [1.807, 2.05) is 49.9 Å². The number of piperidine rings is 1. The summed E-state index contributed by atoms with van der Waals surface area (Å²) in [5, 5.41) is 2.96. The van der Waals surface area contributed by atoms with Crippen molar-refractivity contribution in [1.82, 2.24) is 10.2 Å².